The summed E-state index contributed by atoms with van der Waals surface area (Å²) < 4.78 is 38.8. The molecule has 0 bridgehead atoms. The smallest absolute Gasteiger partial charge is 0.395 e. The third kappa shape index (κ3) is 5.08. The number of rotatable bonds is 7. The summed E-state index contributed by atoms with van der Waals surface area (Å²) in [7, 11) is 0. The maximum atomic E-state index is 12.9. The van der Waals surface area contributed by atoms with E-state index >= 15 is 0 Å². The highest BCUT2D eigenvalue weighted by atomic mass is 19.4. The van der Waals surface area contributed by atoms with Crippen molar-refractivity contribution in [3.8, 4) is 0 Å². The zero-order chi connectivity index (χ0) is 17.4. The molecule has 0 fully saturated rings. The highest BCUT2D eigenvalue weighted by Gasteiger charge is 2.30. The first-order valence-electron chi connectivity index (χ1n) is 7.80. The molecule has 0 spiro atoms. The molecule has 0 aliphatic carbocycles. The molecule has 1 aromatic carbocycles. The predicted molar refractivity (Wildman–Crippen MR) is 86.8 cm³/mol. The van der Waals surface area contributed by atoms with Crippen molar-refractivity contribution in [2.24, 2.45) is 5.16 Å². The molecule has 0 atom stereocenters. The summed E-state index contributed by atoms with van der Waals surface area (Å²) >= 11 is 0. The molecule has 24 heavy (non-hydrogen) atoms. The molecule has 2 aromatic rings. The molecular weight excluding hydrogens is 317 g/mol. The monoisotopic (exact) mass is 336 g/mol. The Balaban J connectivity index is 2.31. The van der Waals surface area contributed by atoms with Crippen molar-refractivity contribution in [3.05, 3.63) is 65.5 Å². The van der Waals surface area contributed by atoms with Gasteiger partial charge in [-0.3, -0.25) is 4.98 Å². The van der Waals surface area contributed by atoms with Gasteiger partial charge in [-0.25, -0.2) is 0 Å². The van der Waals surface area contributed by atoms with Gasteiger partial charge in [-0.05, 0) is 30.7 Å². The number of alkyl halides is 3. The van der Waals surface area contributed by atoms with E-state index in [9.17, 15) is 13.2 Å². The van der Waals surface area contributed by atoms with E-state index in [1.165, 1.54) is 6.07 Å². The minimum absolute atomic E-state index is 0.339. The number of oxime groups is 1. The van der Waals surface area contributed by atoms with Gasteiger partial charge in [0.25, 0.3) is 0 Å². The molecule has 3 nitrogen and oxygen atoms in total. The minimum atomic E-state index is -4.40. The van der Waals surface area contributed by atoms with Crippen molar-refractivity contribution < 1.29 is 18.0 Å². The maximum absolute atomic E-state index is 12.9. The average molecular weight is 336 g/mol. The second-order valence-electron chi connectivity index (χ2n) is 5.30. The van der Waals surface area contributed by atoms with Gasteiger partial charge in [0.05, 0.1) is 5.56 Å². The Morgan fingerprint density at radius 1 is 1.12 bits per heavy atom. The molecule has 0 aliphatic heterocycles. The summed E-state index contributed by atoms with van der Waals surface area (Å²) in [5.41, 5.74) is 0.564. The fourth-order valence-corrected chi connectivity index (χ4v) is 2.14. The lowest BCUT2D eigenvalue weighted by molar-refractivity contribution is -0.137. The first-order chi connectivity index (χ1) is 11.5. The van der Waals surface area contributed by atoms with Crippen molar-refractivity contribution >= 4 is 5.71 Å². The van der Waals surface area contributed by atoms with Gasteiger partial charge in [0, 0.05) is 23.5 Å². The molecule has 6 heteroatoms. The van der Waals surface area contributed by atoms with Crippen LogP contribution in [0.5, 0.6) is 0 Å². The average Bonchev–Trinajstić information content (AvgIpc) is 2.58. The van der Waals surface area contributed by atoms with E-state index in [2.05, 4.69) is 17.1 Å². The second-order valence-corrected chi connectivity index (χ2v) is 5.30. The van der Waals surface area contributed by atoms with E-state index in [0.29, 0.717) is 23.4 Å². The Bertz CT molecular complexity index is 669. The maximum Gasteiger partial charge on any atom is 0.416 e. The predicted octanol–water partition coefficient (Wildman–Crippen LogP) is 5.06. The topological polar surface area (TPSA) is 34.5 Å². The third-order valence-corrected chi connectivity index (χ3v) is 3.39. The number of benzene rings is 1. The Morgan fingerprint density at radius 3 is 2.58 bits per heavy atom. The minimum Gasteiger partial charge on any atom is -0.395 e. The molecule has 0 saturated heterocycles. The van der Waals surface area contributed by atoms with Gasteiger partial charge in [-0.15, -0.1) is 0 Å². The molecule has 128 valence electrons. The summed E-state index contributed by atoms with van der Waals surface area (Å²) in [6, 6.07) is 8.49. The van der Waals surface area contributed by atoms with Crippen LogP contribution in [0.4, 0.5) is 13.2 Å². The number of unbranched alkanes of at least 4 members (excludes halogenated alkanes) is 2. The molecule has 0 saturated carbocycles. The Hall–Kier alpha value is -2.37. The van der Waals surface area contributed by atoms with Gasteiger partial charge in [0.1, 0.15) is 12.3 Å². The Kier molecular flexibility index (Phi) is 6.35. The van der Waals surface area contributed by atoms with Crippen molar-refractivity contribution in [1.29, 1.82) is 0 Å². The van der Waals surface area contributed by atoms with Gasteiger partial charge in [0.2, 0.25) is 0 Å². The second kappa shape index (κ2) is 8.47. The molecular formula is C18H19F3N2O. The van der Waals surface area contributed by atoms with E-state index in [4.69, 9.17) is 4.84 Å². The molecule has 0 radical (unpaired) electrons. The highest BCUT2D eigenvalue weighted by molar-refractivity contribution is 6.12. The third-order valence-electron chi connectivity index (χ3n) is 3.39. The van der Waals surface area contributed by atoms with E-state index in [0.717, 1.165) is 31.4 Å². The first kappa shape index (κ1) is 18.0. The molecule has 0 aliphatic rings. The molecule has 0 amide bonds. The van der Waals surface area contributed by atoms with Crippen molar-refractivity contribution in [1.82, 2.24) is 4.98 Å². The van der Waals surface area contributed by atoms with E-state index in [1.54, 1.807) is 30.6 Å². The van der Waals surface area contributed by atoms with Crippen LogP contribution < -0.4 is 0 Å². The van der Waals surface area contributed by atoms with Crippen LogP contribution in [0.3, 0.4) is 0 Å². The van der Waals surface area contributed by atoms with Crippen LogP contribution in [0.1, 0.15) is 42.9 Å². The number of hydrogen-bond donors (Lipinski definition) is 0. The van der Waals surface area contributed by atoms with Crippen LogP contribution in [0.15, 0.2) is 53.9 Å². The van der Waals surface area contributed by atoms with Gasteiger partial charge < -0.3 is 4.84 Å². The van der Waals surface area contributed by atoms with Crippen molar-refractivity contribution in [2.75, 3.05) is 6.61 Å². The SMILES string of the molecule is CCCCCON=C(c1cccnc1)c1cccc(C(F)(F)F)c1. The molecule has 2 rings (SSSR count). The van der Waals surface area contributed by atoms with Crippen LogP contribution >= 0.6 is 0 Å². The van der Waals surface area contributed by atoms with Gasteiger partial charge in [-0.2, -0.15) is 13.2 Å². The lowest BCUT2D eigenvalue weighted by atomic mass is 10.0. The zero-order valence-electron chi connectivity index (χ0n) is 13.4. The first-order valence-corrected chi connectivity index (χ1v) is 7.80. The Morgan fingerprint density at radius 2 is 1.92 bits per heavy atom. The lowest BCUT2D eigenvalue weighted by Gasteiger charge is -2.11. The Labute approximate surface area is 139 Å². The van der Waals surface area contributed by atoms with Gasteiger partial charge in [-0.1, -0.05) is 37.1 Å². The molecule has 1 heterocycles. The number of pyridine rings is 1. The summed E-state index contributed by atoms with van der Waals surface area (Å²) in [4.78, 5) is 9.31. The van der Waals surface area contributed by atoms with Crippen molar-refractivity contribution in [2.45, 2.75) is 32.4 Å². The summed E-state index contributed by atoms with van der Waals surface area (Å²) in [6.07, 6.45) is 1.66. The van der Waals surface area contributed by atoms with Crippen LogP contribution in [-0.4, -0.2) is 17.3 Å². The van der Waals surface area contributed by atoms with E-state index in [-0.39, 0.29) is 0 Å². The lowest BCUT2D eigenvalue weighted by Crippen LogP contribution is -2.10. The number of hydrogen-bond acceptors (Lipinski definition) is 3. The van der Waals surface area contributed by atoms with Gasteiger partial charge in [0.15, 0.2) is 0 Å². The van der Waals surface area contributed by atoms with Crippen molar-refractivity contribution in [3.63, 3.8) is 0 Å². The van der Waals surface area contributed by atoms with Crippen LogP contribution in [-0.2, 0) is 11.0 Å². The normalized spacial score (nSPS) is 12.2. The number of aromatic nitrogens is 1. The largest absolute Gasteiger partial charge is 0.416 e. The van der Waals surface area contributed by atoms with E-state index in [1.807, 2.05) is 0 Å². The standard InChI is InChI=1S/C18H19F3N2O/c1-2-3-4-11-24-23-17(15-8-6-10-22-13-15)14-7-5-9-16(12-14)18(19,20)21/h5-10,12-13H,2-4,11H2,1H3. The fraction of sp³-hybridized carbons (Fsp3) is 0.333. The molecule has 0 N–H and O–H groups in total. The molecule has 1 aromatic heterocycles. The zero-order valence-corrected chi connectivity index (χ0v) is 13.4. The van der Waals surface area contributed by atoms with Crippen LogP contribution in [0.2, 0.25) is 0 Å². The number of nitrogens with zero attached hydrogens (tertiary/aromatic N) is 2. The van der Waals surface area contributed by atoms with Gasteiger partial charge >= 0.3 is 6.18 Å². The quantitative estimate of drug-likeness (QED) is 0.402. The summed E-state index contributed by atoms with van der Waals surface area (Å²) in [6.45, 7) is 2.50. The summed E-state index contributed by atoms with van der Waals surface area (Å²) in [5.74, 6) is 0. The molecule has 0 unspecified atom stereocenters. The van der Waals surface area contributed by atoms with E-state index < -0.39 is 11.7 Å². The van der Waals surface area contributed by atoms with Crippen LogP contribution in [0, 0.1) is 0 Å². The number of halogens is 3. The summed E-state index contributed by atoms with van der Waals surface area (Å²) in [5, 5.41) is 4.07. The fourth-order valence-electron chi connectivity index (χ4n) is 2.14. The highest BCUT2D eigenvalue weighted by Crippen LogP contribution is 2.30. The van der Waals surface area contributed by atoms with Crippen LogP contribution in [0.25, 0.3) is 0 Å².